The minimum atomic E-state index is -0.867. The molecule has 1 amide bonds. The van der Waals surface area contributed by atoms with Crippen molar-refractivity contribution < 1.29 is 14.3 Å². The van der Waals surface area contributed by atoms with Crippen LogP contribution in [0.3, 0.4) is 0 Å². The molecule has 1 aromatic heterocycles. The predicted octanol–water partition coefficient (Wildman–Crippen LogP) is 4.11. The second-order valence-electron chi connectivity index (χ2n) is 8.60. The lowest BCUT2D eigenvalue weighted by Gasteiger charge is -2.35. The van der Waals surface area contributed by atoms with E-state index in [1.807, 2.05) is 17.0 Å². The van der Waals surface area contributed by atoms with Gasteiger partial charge in [-0.1, -0.05) is 31.4 Å². The van der Waals surface area contributed by atoms with Crippen LogP contribution in [0, 0.1) is 5.92 Å². The van der Waals surface area contributed by atoms with Crippen molar-refractivity contribution >= 4 is 34.2 Å². The summed E-state index contributed by atoms with van der Waals surface area (Å²) in [6, 6.07) is 7.07. The topological polar surface area (TPSA) is 65.5 Å². The Kier molecular flexibility index (Phi) is 5.67. The van der Waals surface area contributed by atoms with Gasteiger partial charge in [-0.3, -0.25) is 4.79 Å². The van der Waals surface area contributed by atoms with E-state index in [-0.39, 0.29) is 12.5 Å². The van der Waals surface area contributed by atoms with E-state index in [2.05, 4.69) is 17.2 Å². The molecule has 1 saturated heterocycles. The van der Waals surface area contributed by atoms with E-state index in [9.17, 15) is 14.3 Å². The van der Waals surface area contributed by atoms with E-state index in [1.54, 1.807) is 12.1 Å². The number of fused-ring (bicyclic) bond motifs is 1. The summed E-state index contributed by atoms with van der Waals surface area (Å²) >= 11 is 6.35. The van der Waals surface area contributed by atoms with E-state index in [0.29, 0.717) is 65.6 Å². The summed E-state index contributed by atoms with van der Waals surface area (Å²) in [5.41, 5.74) is 0.138. The van der Waals surface area contributed by atoms with Crippen molar-refractivity contribution in [3.8, 4) is 0 Å². The first-order chi connectivity index (χ1) is 13.8. The first-order valence-corrected chi connectivity index (χ1v) is 10.7. The smallest absolute Gasteiger partial charge is 0.253 e. The second-order valence-corrected chi connectivity index (χ2v) is 9.01. The number of carbonyl (C=O) groups is 1. The highest BCUT2D eigenvalue weighted by Gasteiger charge is 2.33. The molecule has 1 saturated carbocycles. The van der Waals surface area contributed by atoms with Gasteiger partial charge in [0.05, 0.1) is 28.2 Å². The number of alkyl halides is 1. The Hall–Kier alpha value is -1.92. The van der Waals surface area contributed by atoms with Crippen LogP contribution in [0.25, 0.3) is 10.9 Å². The molecule has 2 heterocycles. The maximum Gasteiger partial charge on any atom is 0.253 e. The minimum absolute atomic E-state index is 0.208. The van der Waals surface area contributed by atoms with Gasteiger partial charge < -0.3 is 15.3 Å². The summed E-state index contributed by atoms with van der Waals surface area (Å²) in [4.78, 5) is 19.5. The number of nitrogens with one attached hydrogen (secondary N) is 1. The highest BCUT2D eigenvalue weighted by atomic mass is 35.5. The van der Waals surface area contributed by atoms with Crippen LogP contribution in [0.1, 0.15) is 49.4 Å². The van der Waals surface area contributed by atoms with Gasteiger partial charge in [-0.25, -0.2) is 9.37 Å². The second kappa shape index (κ2) is 8.07. The van der Waals surface area contributed by atoms with E-state index < -0.39 is 11.8 Å². The largest absolute Gasteiger partial charge is 0.388 e. The molecule has 0 radical (unpaired) electrons. The lowest BCUT2D eigenvalue weighted by Crippen LogP contribution is -2.45. The molecule has 2 fully saturated rings. The number of benzene rings is 1. The van der Waals surface area contributed by atoms with Gasteiger partial charge in [-0.2, -0.15) is 0 Å². The molecule has 2 unspecified atom stereocenters. The summed E-state index contributed by atoms with van der Waals surface area (Å²) in [6.07, 6.45) is 3.14. The Morgan fingerprint density at radius 2 is 2.21 bits per heavy atom. The number of amides is 1. The standard InChI is InChI=1S/C22H27ClFN3O2/c1-14-3-2-9-22(29,11-14)13-25-21(28)20-16-4-7-19(27-10-8-15(24)12-27)26-18(16)6-5-17(20)23/h4-7,14-15,29H,2-3,8-13H2,1H3,(H,25,28)/t14?,15-,22?/m0/s1. The number of hydrogen-bond donors (Lipinski definition) is 2. The molecule has 2 aliphatic rings. The molecular formula is C22H27ClFN3O2. The van der Waals surface area contributed by atoms with Gasteiger partial charge in [0, 0.05) is 18.5 Å². The fraction of sp³-hybridized carbons (Fsp3) is 0.545. The highest BCUT2D eigenvalue weighted by molar-refractivity contribution is 6.35. The van der Waals surface area contributed by atoms with E-state index >= 15 is 0 Å². The molecule has 3 atom stereocenters. The van der Waals surface area contributed by atoms with E-state index in [4.69, 9.17) is 11.6 Å². The van der Waals surface area contributed by atoms with Gasteiger partial charge in [0.25, 0.3) is 5.91 Å². The zero-order chi connectivity index (χ0) is 20.6. The van der Waals surface area contributed by atoms with Crippen molar-refractivity contribution in [2.75, 3.05) is 24.5 Å². The molecule has 156 valence electrons. The third-order valence-electron chi connectivity index (χ3n) is 6.13. The summed E-state index contributed by atoms with van der Waals surface area (Å²) in [7, 11) is 0. The fourth-order valence-corrected chi connectivity index (χ4v) is 4.88. The number of pyridine rings is 1. The number of aromatic nitrogens is 1. The quantitative estimate of drug-likeness (QED) is 0.782. The van der Waals surface area contributed by atoms with E-state index in [1.165, 1.54) is 0 Å². The number of hydrogen-bond acceptors (Lipinski definition) is 4. The molecule has 1 aliphatic carbocycles. The van der Waals surface area contributed by atoms with Crippen LogP contribution in [0.5, 0.6) is 0 Å². The molecule has 1 aliphatic heterocycles. The van der Waals surface area contributed by atoms with Crippen molar-refractivity contribution in [1.82, 2.24) is 10.3 Å². The van der Waals surface area contributed by atoms with Gasteiger partial charge in [0.15, 0.2) is 0 Å². The van der Waals surface area contributed by atoms with Gasteiger partial charge in [0.2, 0.25) is 0 Å². The SMILES string of the molecule is CC1CCCC(O)(CNC(=O)c2c(Cl)ccc3nc(N4CC[C@H](F)C4)ccc23)C1. The van der Waals surface area contributed by atoms with Crippen molar-refractivity contribution in [2.45, 2.75) is 50.8 Å². The molecule has 0 bridgehead atoms. The predicted molar refractivity (Wildman–Crippen MR) is 113 cm³/mol. The van der Waals surface area contributed by atoms with Crippen LogP contribution in [0.4, 0.5) is 10.2 Å². The minimum Gasteiger partial charge on any atom is -0.388 e. The summed E-state index contributed by atoms with van der Waals surface area (Å²) in [5.74, 6) is 0.840. The van der Waals surface area contributed by atoms with Gasteiger partial charge in [-0.15, -0.1) is 0 Å². The third kappa shape index (κ3) is 4.33. The van der Waals surface area contributed by atoms with Crippen molar-refractivity contribution in [2.24, 2.45) is 5.92 Å². The Balaban J connectivity index is 1.56. The molecule has 5 nitrogen and oxygen atoms in total. The molecular weight excluding hydrogens is 393 g/mol. The zero-order valence-corrected chi connectivity index (χ0v) is 17.4. The Labute approximate surface area is 175 Å². The number of carbonyl (C=O) groups excluding carboxylic acids is 1. The Bertz CT molecular complexity index is 924. The maximum atomic E-state index is 13.5. The maximum absolute atomic E-state index is 13.5. The zero-order valence-electron chi connectivity index (χ0n) is 16.6. The first kappa shape index (κ1) is 20.4. The van der Waals surface area contributed by atoms with Crippen molar-refractivity contribution in [1.29, 1.82) is 0 Å². The highest BCUT2D eigenvalue weighted by Crippen LogP contribution is 2.32. The normalized spacial score (nSPS) is 27.4. The van der Waals surface area contributed by atoms with Crippen molar-refractivity contribution in [3.63, 3.8) is 0 Å². The molecule has 0 spiro atoms. The molecule has 29 heavy (non-hydrogen) atoms. The van der Waals surface area contributed by atoms with Crippen LogP contribution in [-0.2, 0) is 0 Å². The number of rotatable bonds is 4. The van der Waals surface area contributed by atoms with Crippen LogP contribution >= 0.6 is 11.6 Å². The number of halogens is 2. The lowest BCUT2D eigenvalue weighted by molar-refractivity contribution is -0.0109. The molecule has 4 rings (SSSR count). The Morgan fingerprint density at radius 3 is 2.93 bits per heavy atom. The molecule has 2 N–H and O–H groups in total. The fourth-order valence-electron chi connectivity index (χ4n) is 4.63. The van der Waals surface area contributed by atoms with Crippen molar-refractivity contribution in [3.05, 3.63) is 34.9 Å². The molecule has 2 aromatic rings. The van der Waals surface area contributed by atoms with Gasteiger partial charge >= 0.3 is 0 Å². The lowest BCUT2D eigenvalue weighted by atomic mass is 9.79. The third-order valence-corrected chi connectivity index (χ3v) is 6.45. The molecule has 1 aromatic carbocycles. The van der Waals surface area contributed by atoms with Crippen LogP contribution < -0.4 is 10.2 Å². The van der Waals surface area contributed by atoms with Crippen LogP contribution in [0.2, 0.25) is 5.02 Å². The summed E-state index contributed by atoms with van der Waals surface area (Å²) in [6.45, 7) is 3.32. The number of anilines is 1. The number of aliphatic hydroxyl groups is 1. The van der Waals surface area contributed by atoms with Crippen LogP contribution in [0.15, 0.2) is 24.3 Å². The molecule has 7 heteroatoms. The summed E-state index contributed by atoms with van der Waals surface area (Å²) < 4.78 is 13.5. The summed E-state index contributed by atoms with van der Waals surface area (Å²) in [5, 5.41) is 14.7. The first-order valence-electron chi connectivity index (χ1n) is 10.3. The Morgan fingerprint density at radius 1 is 1.38 bits per heavy atom. The average Bonchev–Trinajstić information content (AvgIpc) is 3.12. The van der Waals surface area contributed by atoms with Gasteiger partial charge in [0.1, 0.15) is 12.0 Å². The van der Waals surface area contributed by atoms with Gasteiger partial charge in [-0.05, 0) is 49.4 Å². The monoisotopic (exact) mass is 419 g/mol. The van der Waals surface area contributed by atoms with E-state index in [0.717, 1.165) is 12.8 Å². The average molecular weight is 420 g/mol. The van der Waals surface area contributed by atoms with Crippen LogP contribution in [-0.4, -0.2) is 47.4 Å². The number of nitrogens with zero attached hydrogens (tertiary/aromatic N) is 2.